The lowest BCUT2D eigenvalue weighted by atomic mass is 9.98. The van der Waals surface area contributed by atoms with Gasteiger partial charge in [-0.05, 0) is 56.2 Å². The largest absolute Gasteiger partial charge is 0.481 e. The Bertz CT molecular complexity index is 989. The fourth-order valence-electron chi connectivity index (χ4n) is 3.56. The number of ether oxygens (including phenoxy) is 1. The number of thiazole rings is 1. The summed E-state index contributed by atoms with van der Waals surface area (Å²) in [5.41, 5.74) is 1.60. The van der Waals surface area contributed by atoms with Crippen LogP contribution in [0.25, 0.3) is 10.2 Å². The first-order valence-corrected chi connectivity index (χ1v) is 10.3. The normalized spacial score (nSPS) is 17.9. The number of carbonyl (C=O) groups is 1. The van der Waals surface area contributed by atoms with Crippen LogP contribution in [0.5, 0.6) is 5.75 Å². The van der Waals surface area contributed by atoms with E-state index in [1.54, 1.807) is 42.5 Å². The van der Waals surface area contributed by atoms with Crippen LogP contribution in [0.2, 0.25) is 0 Å². The number of likely N-dealkylation sites (tertiary alicyclic amines) is 1. The Morgan fingerprint density at radius 2 is 2.07 bits per heavy atom. The van der Waals surface area contributed by atoms with Gasteiger partial charge in [-0.2, -0.15) is 5.26 Å². The lowest BCUT2D eigenvalue weighted by molar-refractivity contribution is -0.139. The molecule has 5 nitrogen and oxygen atoms in total. The maximum absolute atomic E-state index is 12.9. The third-order valence-electron chi connectivity index (χ3n) is 5.04. The number of nitriles is 1. The van der Waals surface area contributed by atoms with Crippen molar-refractivity contribution in [2.75, 3.05) is 13.1 Å². The molecule has 2 unspecified atom stereocenters. The number of amides is 1. The van der Waals surface area contributed by atoms with Gasteiger partial charge in [-0.25, -0.2) is 4.98 Å². The molecule has 1 fully saturated rings. The first kappa shape index (κ1) is 18.5. The minimum Gasteiger partial charge on any atom is -0.481 e. The van der Waals surface area contributed by atoms with E-state index in [0.717, 1.165) is 29.9 Å². The Labute approximate surface area is 168 Å². The third-order valence-corrected chi connectivity index (χ3v) is 6.24. The molecule has 2 aromatic carbocycles. The van der Waals surface area contributed by atoms with Gasteiger partial charge < -0.3 is 9.64 Å². The molecule has 2 atom stereocenters. The molecule has 3 aromatic rings. The highest BCUT2D eigenvalue weighted by Gasteiger charge is 2.30. The summed E-state index contributed by atoms with van der Waals surface area (Å²) >= 11 is 1.73. The SMILES string of the molecule is CC(Oc1ccc(C#N)cc1)C(=O)N1CCCC(c2nc3ccccc3s2)C1. The van der Waals surface area contributed by atoms with Gasteiger partial charge in [-0.15, -0.1) is 11.3 Å². The van der Waals surface area contributed by atoms with Crippen molar-refractivity contribution in [3.05, 3.63) is 59.1 Å². The molecule has 28 heavy (non-hydrogen) atoms. The van der Waals surface area contributed by atoms with Crippen molar-refractivity contribution in [2.24, 2.45) is 0 Å². The van der Waals surface area contributed by atoms with Crippen molar-refractivity contribution >= 4 is 27.5 Å². The molecule has 6 heteroatoms. The van der Waals surface area contributed by atoms with E-state index in [2.05, 4.69) is 12.1 Å². The van der Waals surface area contributed by atoms with E-state index in [9.17, 15) is 4.79 Å². The smallest absolute Gasteiger partial charge is 0.263 e. The number of nitrogens with zero attached hydrogens (tertiary/aromatic N) is 3. The number of rotatable bonds is 4. The maximum atomic E-state index is 12.9. The fraction of sp³-hybridized carbons (Fsp3) is 0.318. The number of para-hydroxylation sites is 1. The van der Waals surface area contributed by atoms with E-state index < -0.39 is 6.10 Å². The van der Waals surface area contributed by atoms with Crippen molar-refractivity contribution in [3.63, 3.8) is 0 Å². The summed E-state index contributed by atoms with van der Waals surface area (Å²) in [5.74, 6) is 0.868. The van der Waals surface area contributed by atoms with Gasteiger partial charge in [0, 0.05) is 19.0 Å². The van der Waals surface area contributed by atoms with E-state index in [1.165, 1.54) is 4.70 Å². The van der Waals surface area contributed by atoms with Crippen LogP contribution < -0.4 is 4.74 Å². The lowest BCUT2D eigenvalue weighted by Gasteiger charge is -2.33. The zero-order valence-corrected chi connectivity index (χ0v) is 16.5. The van der Waals surface area contributed by atoms with Crippen LogP contribution in [-0.2, 0) is 4.79 Å². The van der Waals surface area contributed by atoms with Gasteiger partial charge in [0.05, 0.1) is 26.9 Å². The molecule has 1 amide bonds. The molecule has 0 bridgehead atoms. The number of aromatic nitrogens is 1. The molecular formula is C22H21N3O2S. The second-order valence-corrected chi connectivity index (χ2v) is 8.10. The van der Waals surface area contributed by atoms with Crippen LogP contribution in [0, 0.1) is 11.3 Å². The average Bonchev–Trinajstić information content (AvgIpc) is 3.18. The third kappa shape index (κ3) is 3.85. The summed E-state index contributed by atoms with van der Waals surface area (Å²) in [7, 11) is 0. The van der Waals surface area contributed by atoms with Crippen LogP contribution >= 0.6 is 11.3 Å². The molecule has 1 aliphatic rings. The van der Waals surface area contributed by atoms with Crippen LogP contribution in [0.15, 0.2) is 48.5 Å². The lowest BCUT2D eigenvalue weighted by Crippen LogP contribution is -2.45. The first-order chi connectivity index (χ1) is 13.6. The van der Waals surface area contributed by atoms with Gasteiger partial charge in [0.2, 0.25) is 0 Å². The van der Waals surface area contributed by atoms with Crippen molar-refractivity contribution in [2.45, 2.75) is 31.8 Å². The molecule has 0 saturated carbocycles. The summed E-state index contributed by atoms with van der Waals surface area (Å²) in [5, 5.41) is 9.99. The molecule has 0 N–H and O–H groups in total. The molecule has 1 aliphatic heterocycles. The zero-order chi connectivity index (χ0) is 19.5. The fourth-order valence-corrected chi connectivity index (χ4v) is 4.66. The van der Waals surface area contributed by atoms with E-state index in [-0.39, 0.29) is 11.8 Å². The molecular weight excluding hydrogens is 370 g/mol. The Hall–Kier alpha value is -2.91. The number of hydrogen-bond acceptors (Lipinski definition) is 5. The van der Waals surface area contributed by atoms with Gasteiger partial charge >= 0.3 is 0 Å². The molecule has 0 spiro atoms. The monoisotopic (exact) mass is 391 g/mol. The number of carbonyl (C=O) groups excluding carboxylic acids is 1. The van der Waals surface area contributed by atoms with Gasteiger partial charge in [-0.3, -0.25) is 4.79 Å². The quantitative estimate of drug-likeness (QED) is 0.663. The van der Waals surface area contributed by atoms with Gasteiger partial charge in [0.15, 0.2) is 6.10 Å². The summed E-state index contributed by atoms with van der Waals surface area (Å²) in [6, 6.07) is 17.1. The highest BCUT2D eigenvalue weighted by molar-refractivity contribution is 7.18. The highest BCUT2D eigenvalue weighted by atomic mass is 32.1. The van der Waals surface area contributed by atoms with Crippen LogP contribution in [0.4, 0.5) is 0 Å². The van der Waals surface area contributed by atoms with Crippen molar-refractivity contribution in [3.8, 4) is 11.8 Å². The van der Waals surface area contributed by atoms with E-state index >= 15 is 0 Å². The van der Waals surface area contributed by atoms with Crippen molar-refractivity contribution in [1.82, 2.24) is 9.88 Å². The van der Waals surface area contributed by atoms with E-state index in [4.69, 9.17) is 15.0 Å². The average molecular weight is 391 g/mol. The predicted molar refractivity (Wildman–Crippen MR) is 109 cm³/mol. The number of piperidine rings is 1. The molecule has 142 valence electrons. The summed E-state index contributed by atoms with van der Waals surface area (Å²) < 4.78 is 7.00. The standard InChI is InChI=1S/C22H21N3O2S/c1-15(27-18-10-8-16(13-23)9-11-18)22(26)25-12-4-5-17(14-25)21-24-19-6-2-3-7-20(19)28-21/h2-3,6-11,15,17H,4-5,12,14H2,1H3. The Kier molecular flexibility index (Phi) is 5.27. The molecule has 1 aromatic heterocycles. The van der Waals surface area contributed by atoms with Crippen molar-refractivity contribution in [1.29, 1.82) is 5.26 Å². The second kappa shape index (κ2) is 7.99. The minimum absolute atomic E-state index is 0.00447. The summed E-state index contributed by atoms with van der Waals surface area (Å²) in [4.78, 5) is 19.6. The second-order valence-electron chi connectivity index (χ2n) is 7.04. The first-order valence-electron chi connectivity index (χ1n) is 9.45. The molecule has 0 aliphatic carbocycles. The van der Waals surface area contributed by atoms with E-state index in [0.29, 0.717) is 17.9 Å². The van der Waals surface area contributed by atoms with E-state index in [1.807, 2.05) is 23.1 Å². The Morgan fingerprint density at radius 3 is 2.82 bits per heavy atom. The topological polar surface area (TPSA) is 66.2 Å². The van der Waals surface area contributed by atoms with Gasteiger partial charge in [-0.1, -0.05) is 12.1 Å². The predicted octanol–water partition coefficient (Wildman–Crippen LogP) is 4.34. The number of benzene rings is 2. The summed E-state index contributed by atoms with van der Waals surface area (Å²) in [6.45, 7) is 3.21. The molecule has 2 heterocycles. The van der Waals surface area contributed by atoms with Crippen LogP contribution in [0.3, 0.4) is 0 Å². The molecule has 4 rings (SSSR count). The van der Waals surface area contributed by atoms with Crippen LogP contribution in [0.1, 0.15) is 36.3 Å². The number of fused-ring (bicyclic) bond motifs is 1. The highest BCUT2D eigenvalue weighted by Crippen LogP contribution is 2.33. The zero-order valence-electron chi connectivity index (χ0n) is 15.7. The van der Waals surface area contributed by atoms with Crippen molar-refractivity contribution < 1.29 is 9.53 Å². The number of hydrogen-bond donors (Lipinski definition) is 0. The minimum atomic E-state index is -0.568. The molecule has 0 radical (unpaired) electrons. The Balaban J connectivity index is 1.42. The van der Waals surface area contributed by atoms with Gasteiger partial charge in [0.25, 0.3) is 5.91 Å². The maximum Gasteiger partial charge on any atom is 0.263 e. The van der Waals surface area contributed by atoms with Gasteiger partial charge in [0.1, 0.15) is 5.75 Å². The summed E-state index contributed by atoms with van der Waals surface area (Å²) in [6.07, 6.45) is 1.45. The Morgan fingerprint density at radius 1 is 1.29 bits per heavy atom. The van der Waals surface area contributed by atoms with Crippen LogP contribution in [-0.4, -0.2) is 35.0 Å². The molecule has 1 saturated heterocycles.